The van der Waals surface area contributed by atoms with Gasteiger partial charge in [-0.05, 0) is 23.5 Å². The van der Waals surface area contributed by atoms with E-state index in [9.17, 15) is 0 Å². The minimum absolute atomic E-state index is 0.622. The molecular weight excluding hydrogens is 258 g/mol. The molecule has 19 heavy (non-hydrogen) atoms. The maximum atomic E-state index is 6.06. The van der Waals surface area contributed by atoms with Crippen LogP contribution in [0.15, 0.2) is 30.3 Å². The molecule has 0 bridgehead atoms. The lowest BCUT2D eigenvalue weighted by molar-refractivity contribution is 0.152. The average molecular weight is 275 g/mol. The van der Waals surface area contributed by atoms with Crippen molar-refractivity contribution >= 4 is 22.4 Å². The van der Waals surface area contributed by atoms with Gasteiger partial charge in [-0.15, -0.1) is 0 Å². The van der Waals surface area contributed by atoms with E-state index in [4.69, 9.17) is 10.5 Å². The molecule has 0 spiro atoms. The van der Waals surface area contributed by atoms with Crippen LogP contribution in [0.4, 0.5) is 10.8 Å². The number of hydrogen-bond donors (Lipinski definition) is 1. The Kier molecular flexibility index (Phi) is 3.66. The molecule has 3 rings (SSSR count). The van der Waals surface area contributed by atoms with Gasteiger partial charge in [0.1, 0.15) is 10.8 Å². The second-order valence-electron chi connectivity index (χ2n) is 4.57. The maximum Gasteiger partial charge on any atom is 0.147 e. The summed E-state index contributed by atoms with van der Waals surface area (Å²) in [5.74, 6) is 0.622. The standard InChI is InChI=1S/C14H17N3OS/c15-13-12(11-5-2-1-3-6-11)14(19-16-13)17-7-4-9-18-10-8-17/h1-3,5-6H,4,7-10H2,(H2,15,16). The van der Waals surface area contributed by atoms with E-state index in [0.29, 0.717) is 5.82 Å². The summed E-state index contributed by atoms with van der Waals surface area (Å²) in [5.41, 5.74) is 8.26. The Morgan fingerprint density at radius 2 is 2.00 bits per heavy atom. The van der Waals surface area contributed by atoms with E-state index in [2.05, 4.69) is 21.4 Å². The molecule has 2 heterocycles. The molecule has 2 N–H and O–H groups in total. The zero-order chi connectivity index (χ0) is 13.1. The number of benzene rings is 1. The van der Waals surface area contributed by atoms with Gasteiger partial charge in [-0.2, -0.15) is 4.37 Å². The molecule has 2 aromatic rings. The molecule has 1 aromatic carbocycles. The number of nitrogens with two attached hydrogens (primary N) is 1. The Morgan fingerprint density at radius 1 is 1.16 bits per heavy atom. The van der Waals surface area contributed by atoms with Gasteiger partial charge in [0.2, 0.25) is 0 Å². The van der Waals surface area contributed by atoms with Crippen molar-refractivity contribution in [3.05, 3.63) is 30.3 Å². The van der Waals surface area contributed by atoms with Crippen LogP contribution in [-0.4, -0.2) is 30.7 Å². The van der Waals surface area contributed by atoms with E-state index >= 15 is 0 Å². The van der Waals surface area contributed by atoms with Crippen LogP contribution >= 0.6 is 11.5 Å². The van der Waals surface area contributed by atoms with E-state index in [-0.39, 0.29) is 0 Å². The van der Waals surface area contributed by atoms with Gasteiger partial charge in [-0.1, -0.05) is 30.3 Å². The Bertz CT molecular complexity index is 533. The Labute approximate surface area is 117 Å². The highest BCUT2D eigenvalue weighted by atomic mass is 32.1. The zero-order valence-corrected chi connectivity index (χ0v) is 11.5. The molecule has 1 fully saturated rings. The van der Waals surface area contributed by atoms with Gasteiger partial charge in [0, 0.05) is 19.7 Å². The number of hydrogen-bond acceptors (Lipinski definition) is 5. The molecule has 0 saturated carbocycles. The molecule has 1 aliphatic heterocycles. The molecular formula is C14H17N3OS. The topological polar surface area (TPSA) is 51.4 Å². The predicted molar refractivity (Wildman–Crippen MR) is 79.6 cm³/mol. The Hall–Kier alpha value is -1.59. The number of rotatable bonds is 2. The quantitative estimate of drug-likeness (QED) is 0.915. The summed E-state index contributed by atoms with van der Waals surface area (Å²) in [4.78, 5) is 2.34. The number of ether oxygens (including phenoxy) is 1. The summed E-state index contributed by atoms with van der Waals surface area (Å²) in [7, 11) is 0. The van der Waals surface area contributed by atoms with Gasteiger partial charge in [0.25, 0.3) is 0 Å². The highest BCUT2D eigenvalue weighted by molar-refractivity contribution is 7.11. The summed E-state index contributed by atoms with van der Waals surface area (Å²) in [6.07, 6.45) is 1.05. The van der Waals surface area contributed by atoms with Crippen molar-refractivity contribution < 1.29 is 4.74 Å². The second-order valence-corrected chi connectivity index (χ2v) is 5.32. The number of nitrogen functional groups attached to an aromatic ring is 1. The minimum atomic E-state index is 0.622. The third kappa shape index (κ3) is 2.57. The third-order valence-corrected chi connectivity index (χ3v) is 4.20. The van der Waals surface area contributed by atoms with Crippen LogP contribution in [0.1, 0.15) is 6.42 Å². The first-order valence-electron chi connectivity index (χ1n) is 6.49. The van der Waals surface area contributed by atoms with Gasteiger partial charge in [-0.3, -0.25) is 0 Å². The number of nitrogens with zero attached hydrogens (tertiary/aromatic N) is 2. The first kappa shape index (κ1) is 12.4. The van der Waals surface area contributed by atoms with Crippen molar-refractivity contribution in [1.82, 2.24) is 4.37 Å². The maximum absolute atomic E-state index is 6.06. The monoisotopic (exact) mass is 275 g/mol. The van der Waals surface area contributed by atoms with Crippen molar-refractivity contribution in [3.8, 4) is 11.1 Å². The zero-order valence-electron chi connectivity index (χ0n) is 10.7. The summed E-state index contributed by atoms with van der Waals surface area (Å²) in [6.45, 7) is 3.51. The Balaban J connectivity index is 1.98. The van der Waals surface area contributed by atoms with Crippen LogP contribution in [0, 0.1) is 0 Å². The van der Waals surface area contributed by atoms with Crippen molar-refractivity contribution in [2.24, 2.45) is 0 Å². The highest BCUT2D eigenvalue weighted by Gasteiger charge is 2.20. The molecule has 0 radical (unpaired) electrons. The molecule has 4 nitrogen and oxygen atoms in total. The normalized spacial score (nSPS) is 16.3. The van der Waals surface area contributed by atoms with Crippen molar-refractivity contribution in [2.75, 3.05) is 36.9 Å². The molecule has 0 aliphatic carbocycles. The molecule has 0 unspecified atom stereocenters. The van der Waals surface area contributed by atoms with Gasteiger partial charge in [0.15, 0.2) is 0 Å². The average Bonchev–Trinajstić information content (AvgIpc) is 2.67. The molecule has 0 amide bonds. The fourth-order valence-corrected chi connectivity index (χ4v) is 3.22. The third-order valence-electron chi connectivity index (χ3n) is 3.27. The molecule has 5 heteroatoms. The lowest BCUT2D eigenvalue weighted by Crippen LogP contribution is -2.25. The molecule has 1 aromatic heterocycles. The molecule has 1 aliphatic rings. The van der Waals surface area contributed by atoms with Crippen LogP contribution in [0.25, 0.3) is 11.1 Å². The molecule has 100 valence electrons. The fourth-order valence-electron chi connectivity index (χ4n) is 2.33. The van der Waals surface area contributed by atoms with Crippen LogP contribution in [-0.2, 0) is 4.74 Å². The van der Waals surface area contributed by atoms with Crippen molar-refractivity contribution in [3.63, 3.8) is 0 Å². The van der Waals surface area contributed by atoms with Crippen molar-refractivity contribution in [2.45, 2.75) is 6.42 Å². The summed E-state index contributed by atoms with van der Waals surface area (Å²) in [6, 6.07) is 10.2. The van der Waals surface area contributed by atoms with Gasteiger partial charge in [-0.25, -0.2) is 0 Å². The van der Waals surface area contributed by atoms with E-state index < -0.39 is 0 Å². The minimum Gasteiger partial charge on any atom is -0.382 e. The lowest BCUT2D eigenvalue weighted by Gasteiger charge is -2.21. The van der Waals surface area contributed by atoms with Crippen LogP contribution in [0.5, 0.6) is 0 Å². The molecule has 0 atom stereocenters. The van der Waals surface area contributed by atoms with Crippen LogP contribution < -0.4 is 10.6 Å². The summed E-state index contributed by atoms with van der Waals surface area (Å²) >= 11 is 1.48. The number of aromatic nitrogens is 1. The SMILES string of the molecule is Nc1nsc(N2CCCOCC2)c1-c1ccccc1. The fraction of sp³-hybridized carbons (Fsp3) is 0.357. The van der Waals surface area contributed by atoms with Gasteiger partial charge < -0.3 is 15.4 Å². The summed E-state index contributed by atoms with van der Waals surface area (Å²) in [5, 5.41) is 1.16. The van der Waals surface area contributed by atoms with E-state index in [1.54, 1.807) is 0 Å². The first-order valence-corrected chi connectivity index (χ1v) is 7.27. The van der Waals surface area contributed by atoms with E-state index in [1.165, 1.54) is 11.5 Å². The first-order chi connectivity index (χ1) is 9.36. The smallest absolute Gasteiger partial charge is 0.147 e. The number of anilines is 2. The predicted octanol–water partition coefficient (Wildman–Crippen LogP) is 2.62. The van der Waals surface area contributed by atoms with E-state index in [1.807, 2.05) is 18.2 Å². The second kappa shape index (κ2) is 5.59. The van der Waals surface area contributed by atoms with Gasteiger partial charge in [0.05, 0.1) is 12.2 Å². The van der Waals surface area contributed by atoms with Gasteiger partial charge >= 0.3 is 0 Å². The van der Waals surface area contributed by atoms with Crippen LogP contribution in [0.3, 0.4) is 0 Å². The highest BCUT2D eigenvalue weighted by Crippen LogP contribution is 2.39. The lowest BCUT2D eigenvalue weighted by atomic mass is 10.1. The van der Waals surface area contributed by atoms with Crippen molar-refractivity contribution in [1.29, 1.82) is 0 Å². The van der Waals surface area contributed by atoms with E-state index in [0.717, 1.165) is 48.9 Å². The largest absolute Gasteiger partial charge is 0.382 e. The van der Waals surface area contributed by atoms with Crippen LogP contribution in [0.2, 0.25) is 0 Å². The summed E-state index contributed by atoms with van der Waals surface area (Å²) < 4.78 is 9.85. The Morgan fingerprint density at radius 3 is 2.84 bits per heavy atom. The molecule has 1 saturated heterocycles.